The largest absolute Gasteiger partial charge is 0.457 e. The fourth-order valence-electron chi connectivity index (χ4n) is 13.1. The van der Waals surface area contributed by atoms with Gasteiger partial charge in [0.05, 0.1) is 22.4 Å². The molecule has 0 bridgehead atoms. The van der Waals surface area contributed by atoms with E-state index in [1.807, 2.05) is 0 Å². The van der Waals surface area contributed by atoms with E-state index in [9.17, 15) is 0 Å². The fourth-order valence-corrected chi connectivity index (χ4v) is 13.1. The first-order chi connectivity index (χ1) is 42.2. The summed E-state index contributed by atoms with van der Waals surface area (Å²) in [6.07, 6.45) is 0. The normalized spacial score (nSPS) is 12.2. The van der Waals surface area contributed by atoms with E-state index in [1.54, 1.807) is 0 Å². The van der Waals surface area contributed by atoms with Crippen LogP contribution in [0.2, 0.25) is 0 Å². The van der Waals surface area contributed by atoms with Crippen molar-refractivity contribution in [2.24, 2.45) is 0 Å². The predicted molar refractivity (Wildman–Crippen MR) is 356 cm³/mol. The number of anilines is 12. The summed E-state index contributed by atoms with van der Waals surface area (Å²) < 4.78 is 9.66. The van der Waals surface area contributed by atoms with E-state index < -0.39 is 0 Å². The van der Waals surface area contributed by atoms with E-state index in [-0.39, 0.29) is 6.71 Å². The van der Waals surface area contributed by atoms with Crippen LogP contribution < -0.4 is 40.7 Å². The van der Waals surface area contributed by atoms with E-state index in [0.29, 0.717) is 11.5 Å². The molecule has 14 aromatic rings. The molecule has 0 spiro atoms. The Bertz CT molecular complexity index is 4620. The van der Waals surface area contributed by atoms with Gasteiger partial charge in [0.25, 0.3) is 6.71 Å². The predicted octanol–water partition coefficient (Wildman–Crippen LogP) is 19.3. The average Bonchev–Trinajstić information content (AvgIpc) is 2.18. The van der Waals surface area contributed by atoms with E-state index in [2.05, 4.69) is 352 Å². The minimum atomic E-state index is -0.00904. The molecule has 400 valence electrons. The number of para-hydroxylation sites is 9. The van der Waals surface area contributed by atoms with Crippen LogP contribution in [0, 0.1) is 0 Å². The van der Waals surface area contributed by atoms with E-state index in [0.717, 1.165) is 90.6 Å². The zero-order valence-corrected chi connectivity index (χ0v) is 46.4. The smallest absolute Gasteiger partial charge is 0.252 e. The fraction of sp³-hybridized carbons (Fsp3) is 0. The number of aromatic nitrogens is 1. The molecule has 3 heterocycles. The third-order valence-electron chi connectivity index (χ3n) is 16.7. The molecule has 85 heavy (non-hydrogen) atoms. The summed E-state index contributed by atoms with van der Waals surface area (Å²) >= 11 is 0. The second kappa shape index (κ2) is 20.9. The molecule has 0 unspecified atom stereocenters. The lowest BCUT2D eigenvalue weighted by Crippen LogP contribution is -2.61. The van der Waals surface area contributed by atoms with Crippen LogP contribution in [0.15, 0.2) is 328 Å². The highest BCUT2D eigenvalue weighted by molar-refractivity contribution is 7.00. The van der Waals surface area contributed by atoms with Gasteiger partial charge < -0.3 is 28.9 Å². The van der Waals surface area contributed by atoms with Crippen LogP contribution >= 0.6 is 0 Å². The van der Waals surface area contributed by atoms with Gasteiger partial charge in [0, 0.05) is 85.5 Å². The van der Waals surface area contributed by atoms with Gasteiger partial charge in [-0.15, -0.1) is 0 Å². The minimum absolute atomic E-state index is 0.00904. The highest BCUT2D eigenvalue weighted by atomic mass is 16.5. The molecule has 0 N–H and O–H groups in total. The first-order valence-corrected chi connectivity index (χ1v) is 29.0. The maximum atomic E-state index is 7.30. The molecule has 2 aliphatic heterocycles. The third kappa shape index (κ3) is 8.68. The first kappa shape index (κ1) is 49.5. The Balaban J connectivity index is 0.874. The van der Waals surface area contributed by atoms with Crippen LogP contribution in [0.3, 0.4) is 0 Å². The Labute approximate surface area is 495 Å². The summed E-state index contributed by atoms with van der Waals surface area (Å²) in [5, 5.41) is 2.38. The van der Waals surface area contributed by atoms with Crippen LogP contribution in [0.1, 0.15) is 0 Å². The van der Waals surface area contributed by atoms with Crippen LogP contribution in [-0.4, -0.2) is 11.3 Å². The molecule has 0 radical (unpaired) electrons. The number of rotatable bonds is 12. The summed E-state index contributed by atoms with van der Waals surface area (Å²) in [6, 6.07) is 118. The number of hydrogen-bond donors (Lipinski definition) is 0. The number of ether oxygens (including phenoxy) is 1. The van der Waals surface area contributed by atoms with Crippen molar-refractivity contribution in [1.82, 2.24) is 4.57 Å². The van der Waals surface area contributed by atoms with Gasteiger partial charge in [-0.25, -0.2) is 0 Å². The van der Waals surface area contributed by atoms with Crippen molar-refractivity contribution in [3.05, 3.63) is 328 Å². The molecule has 0 aliphatic carbocycles. The van der Waals surface area contributed by atoms with Crippen LogP contribution in [-0.2, 0) is 0 Å². The van der Waals surface area contributed by atoms with Crippen LogP contribution in [0.4, 0.5) is 68.2 Å². The molecule has 0 amide bonds. The Morgan fingerprint density at radius 2 is 0.718 bits per heavy atom. The molecular formula is C78H54BN5O. The summed E-state index contributed by atoms with van der Waals surface area (Å²) in [7, 11) is 0. The van der Waals surface area contributed by atoms with Crippen molar-refractivity contribution in [3.8, 4) is 28.3 Å². The Kier molecular flexibility index (Phi) is 12.2. The molecular weight excluding hydrogens is 1030 g/mol. The Hall–Kier alpha value is -11.3. The van der Waals surface area contributed by atoms with Crippen LogP contribution in [0.5, 0.6) is 11.5 Å². The zero-order chi connectivity index (χ0) is 56.2. The molecule has 0 atom stereocenters. The van der Waals surface area contributed by atoms with Gasteiger partial charge in [-0.05, 0) is 167 Å². The maximum absolute atomic E-state index is 7.30. The quantitative estimate of drug-likeness (QED) is 0.114. The monoisotopic (exact) mass is 1090 g/mol. The van der Waals surface area contributed by atoms with Crippen molar-refractivity contribution >= 4 is 113 Å². The second-order valence-electron chi connectivity index (χ2n) is 21.7. The molecule has 6 nitrogen and oxygen atoms in total. The van der Waals surface area contributed by atoms with Gasteiger partial charge in [-0.3, -0.25) is 0 Å². The van der Waals surface area contributed by atoms with Crippen molar-refractivity contribution in [2.45, 2.75) is 0 Å². The first-order valence-electron chi connectivity index (χ1n) is 29.0. The lowest BCUT2D eigenvalue weighted by Gasteiger charge is -2.45. The number of nitrogens with zero attached hydrogens (tertiary/aromatic N) is 5. The maximum Gasteiger partial charge on any atom is 0.252 e. The number of benzene rings is 13. The molecule has 13 aromatic carbocycles. The van der Waals surface area contributed by atoms with Gasteiger partial charge in [0.15, 0.2) is 0 Å². The summed E-state index contributed by atoms with van der Waals surface area (Å²) in [6.45, 7) is -0.00904. The van der Waals surface area contributed by atoms with E-state index in [4.69, 9.17) is 4.74 Å². The molecule has 7 heteroatoms. The van der Waals surface area contributed by atoms with Gasteiger partial charge >= 0.3 is 0 Å². The van der Waals surface area contributed by atoms with E-state index in [1.165, 1.54) is 32.7 Å². The Morgan fingerprint density at radius 3 is 1.29 bits per heavy atom. The minimum Gasteiger partial charge on any atom is -0.457 e. The van der Waals surface area contributed by atoms with Gasteiger partial charge in [-0.1, -0.05) is 176 Å². The molecule has 16 rings (SSSR count). The van der Waals surface area contributed by atoms with Crippen LogP contribution in [0.25, 0.3) is 38.6 Å². The zero-order valence-electron chi connectivity index (χ0n) is 46.4. The van der Waals surface area contributed by atoms with Gasteiger partial charge in [0.1, 0.15) is 11.5 Å². The standard InChI is InChI=1S/C78H54BN5O/c1-7-26-57(27-8-1)80(58-28-9-2-10-29-58)64-48-56(55-46-47-73-69(50-55)68-40-19-22-43-72(68)82(73)60-32-13-4-14-33-60)49-67(52-64)85-66-39-25-38-63(51-66)81(59-30-11-3-12-31-59)65-53-76-78-77(54-65)84(62-36-17-6-18-37-62)75-45-24-21-42-71(75)79(78)70-41-20-23-44-74(70)83(76)61-34-15-5-16-35-61/h1-54H. The van der Waals surface area contributed by atoms with Crippen molar-refractivity contribution in [1.29, 1.82) is 0 Å². The summed E-state index contributed by atoms with van der Waals surface area (Å²) in [4.78, 5) is 9.62. The lowest BCUT2D eigenvalue weighted by molar-refractivity contribution is 0.483. The average molecular weight is 1090 g/mol. The second-order valence-corrected chi connectivity index (χ2v) is 21.7. The Morgan fingerprint density at radius 1 is 0.271 bits per heavy atom. The number of fused-ring (bicyclic) bond motifs is 7. The third-order valence-corrected chi connectivity index (χ3v) is 16.7. The SMILES string of the molecule is c1ccc(N(c2ccccc2)c2cc(Oc3cccc(N(c4ccccc4)c4cc5c6c(c4)N(c4ccccc4)c4ccccc4B6c4ccccc4N5c4ccccc4)c3)cc(-c3ccc4c(c3)c3ccccc3n4-c3ccccc3)c2)cc1. The lowest BCUT2D eigenvalue weighted by atomic mass is 9.33. The summed E-state index contributed by atoms with van der Waals surface area (Å²) in [5.41, 5.74) is 22.1. The van der Waals surface area contributed by atoms with Gasteiger partial charge in [0.2, 0.25) is 0 Å². The van der Waals surface area contributed by atoms with Gasteiger partial charge in [-0.2, -0.15) is 0 Å². The molecule has 1 aromatic heterocycles. The molecule has 0 saturated heterocycles. The van der Waals surface area contributed by atoms with Crippen molar-refractivity contribution in [3.63, 3.8) is 0 Å². The van der Waals surface area contributed by atoms with E-state index >= 15 is 0 Å². The topological polar surface area (TPSA) is 27.1 Å². The molecule has 0 fully saturated rings. The highest BCUT2D eigenvalue weighted by Gasteiger charge is 2.43. The van der Waals surface area contributed by atoms with Crippen molar-refractivity contribution < 1.29 is 4.74 Å². The summed E-state index contributed by atoms with van der Waals surface area (Å²) in [5.74, 6) is 1.41. The highest BCUT2D eigenvalue weighted by Crippen LogP contribution is 2.49. The molecule has 2 aliphatic rings. The van der Waals surface area contributed by atoms with Crippen molar-refractivity contribution in [2.75, 3.05) is 19.6 Å². The number of hydrogen-bond acceptors (Lipinski definition) is 5. The molecule has 0 saturated carbocycles.